The highest BCUT2D eigenvalue weighted by Crippen LogP contribution is 2.27. The molecule has 3 rings (SSSR count). The number of benzene rings is 1. The Morgan fingerprint density at radius 3 is 2.63 bits per heavy atom. The Bertz CT molecular complexity index is 1080. The van der Waals surface area contributed by atoms with Gasteiger partial charge in [0.15, 0.2) is 5.69 Å². The van der Waals surface area contributed by atoms with Crippen molar-refractivity contribution >= 4 is 0 Å². The fourth-order valence-corrected chi connectivity index (χ4v) is 2.63. The van der Waals surface area contributed by atoms with Gasteiger partial charge in [0.1, 0.15) is 5.75 Å². The summed E-state index contributed by atoms with van der Waals surface area (Å²) in [6, 6.07) is 7.04. The molecule has 0 radical (unpaired) electrons. The van der Waals surface area contributed by atoms with Gasteiger partial charge in [0.2, 0.25) is 5.82 Å². The summed E-state index contributed by atoms with van der Waals surface area (Å²) >= 11 is 0. The summed E-state index contributed by atoms with van der Waals surface area (Å²) in [6.07, 6.45) is 2.74. The molecule has 0 aliphatic heterocycles. The lowest BCUT2D eigenvalue weighted by atomic mass is 10.2. The van der Waals surface area contributed by atoms with Crippen LogP contribution < -0.4 is 4.74 Å². The minimum absolute atomic E-state index is 0.214. The summed E-state index contributed by atoms with van der Waals surface area (Å²) in [4.78, 5) is 4.30. The third-order valence-electron chi connectivity index (χ3n) is 4.12. The first-order chi connectivity index (χ1) is 14.3. The van der Waals surface area contributed by atoms with Crippen molar-refractivity contribution in [2.75, 3.05) is 0 Å². The van der Waals surface area contributed by atoms with E-state index in [0.717, 1.165) is 11.3 Å². The van der Waals surface area contributed by atoms with E-state index in [9.17, 15) is 13.2 Å². The summed E-state index contributed by atoms with van der Waals surface area (Å²) < 4.78 is 47.8. The molecule has 0 spiro atoms. The number of allylic oxidation sites excluding steroid dienone is 5. The molecule has 0 saturated carbocycles. The lowest BCUT2D eigenvalue weighted by molar-refractivity contribution is -0.274. The molecule has 0 aliphatic carbocycles. The third kappa shape index (κ3) is 5.25. The van der Waals surface area contributed by atoms with Crippen LogP contribution in [0.1, 0.15) is 12.6 Å². The molecule has 156 valence electrons. The van der Waals surface area contributed by atoms with Gasteiger partial charge in [-0.3, -0.25) is 4.68 Å². The molecule has 0 bridgehead atoms. The summed E-state index contributed by atoms with van der Waals surface area (Å²) in [5.41, 5.74) is 2.96. The number of rotatable bonds is 7. The Morgan fingerprint density at radius 1 is 1.27 bits per heavy atom. The van der Waals surface area contributed by atoms with E-state index >= 15 is 0 Å². The zero-order valence-corrected chi connectivity index (χ0v) is 16.3. The van der Waals surface area contributed by atoms with Gasteiger partial charge in [-0.25, -0.2) is 0 Å². The Balaban J connectivity index is 1.78. The van der Waals surface area contributed by atoms with Crippen molar-refractivity contribution in [3.05, 3.63) is 72.5 Å². The lowest BCUT2D eigenvalue weighted by Gasteiger charge is -2.08. The number of nitrogens with zero attached hydrogens (tertiary/aromatic N) is 4. The zero-order valence-electron chi connectivity index (χ0n) is 16.3. The Morgan fingerprint density at radius 2 is 2.00 bits per heavy atom. The van der Waals surface area contributed by atoms with E-state index in [2.05, 4.69) is 26.6 Å². The maximum Gasteiger partial charge on any atom is 0.573 e. The van der Waals surface area contributed by atoms with Crippen LogP contribution in [0.4, 0.5) is 13.2 Å². The van der Waals surface area contributed by atoms with Gasteiger partial charge in [-0.1, -0.05) is 36.0 Å². The number of aromatic nitrogens is 4. The maximum atomic E-state index is 12.3. The van der Waals surface area contributed by atoms with E-state index in [-0.39, 0.29) is 17.5 Å². The maximum absolute atomic E-state index is 12.3. The number of hydrogen-bond acceptors (Lipinski definition) is 5. The Labute approximate surface area is 171 Å². The largest absolute Gasteiger partial charge is 0.573 e. The number of alkyl halides is 3. The van der Waals surface area contributed by atoms with Crippen LogP contribution in [-0.2, 0) is 6.54 Å². The number of halogens is 3. The summed E-state index contributed by atoms with van der Waals surface area (Å²) in [5.74, 6) is 0.125. The predicted molar refractivity (Wildman–Crippen MR) is 105 cm³/mol. The standard InChI is InChI=1S/C21H19F3N4O2/c1-4-6-7-15(5-2)13-28-14(3)12-18(26-28)20-25-19(27-30-20)16-8-10-17(11-9-16)29-21(22,23)24/h4-12H,1,13H2,2-3H3/b7-6-,15-5+. The zero-order chi connectivity index (χ0) is 21.7. The Kier molecular flexibility index (Phi) is 6.20. The van der Waals surface area contributed by atoms with Gasteiger partial charge < -0.3 is 9.26 Å². The van der Waals surface area contributed by atoms with Crippen molar-refractivity contribution in [1.82, 2.24) is 19.9 Å². The van der Waals surface area contributed by atoms with Crippen LogP contribution in [0.5, 0.6) is 5.75 Å². The van der Waals surface area contributed by atoms with E-state index in [1.807, 2.05) is 42.8 Å². The highest BCUT2D eigenvalue weighted by Gasteiger charge is 2.31. The molecule has 0 fully saturated rings. The second-order valence-electron chi connectivity index (χ2n) is 6.28. The van der Waals surface area contributed by atoms with E-state index in [1.165, 1.54) is 24.3 Å². The molecule has 0 N–H and O–H groups in total. The van der Waals surface area contributed by atoms with Gasteiger partial charge in [0.05, 0.1) is 6.54 Å². The first-order valence-electron chi connectivity index (χ1n) is 8.98. The van der Waals surface area contributed by atoms with Crippen LogP contribution in [0.2, 0.25) is 0 Å². The van der Waals surface area contributed by atoms with Crippen molar-refractivity contribution in [1.29, 1.82) is 0 Å². The van der Waals surface area contributed by atoms with E-state index in [1.54, 1.807) is 6.08 Å². The topological polar surface area (TPSA) is 66.0 Å². The minimum atomic E-state index is -4.74. The first-order valence-corrected chi connectivity index (χ1v) is 8.98. The van der Waals surface area contributed by atoms with E-state index < -0.39 is 6.36 Å². The van der Waals surface area contributed by atoms with Gasteiger partial charge >= 0.3 is 6.36 Å². The molecule has 2 aromatic heterocycles. The predicted octanol–water partition coefficient (Wildman–Crippen LogP) is 5.50. The second-order valence-corrected chi connectivity index (χ2v) is 6.28. The fraction of sp³-hybridized carbons (Fsp3) is 0.190. The minimum Gasteiger partial charge on any atom is -0.406 e. The van der Waals surface area contributed by atoms with Crippen molar-refractivity contribution in [2.45, 2.75) is 26.8 Å². The van der Waals surface area contributed by atoms with Gasteiger partial charge in [0.25, 0.3) is 5.89 Å². The SMILES string of the molecule is C=C/C=C\C(=C/C)Cn1nc(-c2nc(-c3ccc(OC(F)(F)F)cc3)no2)cc1C. The van der Waals surface area contributed by atoms with Crippen LogP contribution in [0.25, 0.3) is 23.0 Å². The second kappa shape index (κ2) is 8.81. The summed E-state index contributed by atoms with van der Waals surface area (Å²) in [6.45, 7) is 8.08. The highest BCUT2D eigenvalue weighted by molar-refractivity contribution is 5.58. The van der Waals surface area contributed by atoms with Gasteiger partial charge in [-0.05, 0) is 49.8 Å². The van der Waals surface area contributed by atoms with E-state index in [4.69, 9.17) is 4.52 Å². The molecule has 6 nitrogen and oxygen atoms in total. The molecule has 0 aliphatic rings. The fourth-order valence-electron chi connectivity index (χ4n) is 2.63. The van der Waals surface area contributed by atoms with Crippen LogP contribution in [0.3, 0.4) is 0 Å². The van der Waals surface area contributed by atoms with Crippen molar-refractivity contribution < 1.29 is 22.4 Å². The molecule has 0 unspecified atom stereocenters. The smallest absolute Gasteiger partial charge is 0.406 e. The molecular weight excluding hydrogens is 397 g/mol. The van der Waals surface area contributed by atoms with Crippen molar-refractivity contribution in [3.8, 4) is 28.7 Å². The lowest BCUT2D eigenvalue weighted by Crippen LogP contribution is -2.16. The molecule has 9 heteroatoms. The first kappa shape index (κ1) is 21.1. The summed E-state index contributed by atoms with van der Waals surface area (Å²) in [7, 11) is 0. The van der Waals surface area contributed by atoms with Crippen LogP contribution in [0.15, 0.2) is 71.3 Å². The Hall–Kier alpha value is -3.62. The molecule has 2 heterocycles. The highest BCUT2D eigenvalue weighted by atomic mass is 19.4. The number of hydrogen-bond donors (Lipinski definition) is 0. The summed E-state index contributed by atoms with van der Waals surface area (Å²) in [5, 5.41) is 8.40. The molecule has 0 saturated heterocycles. The average molecular weight is 416 g/mol. The molecule has 0 atom stereocenters. The number of aryl methyl sites for hydroxylation is 1. The molecule has 0 amide bonds. The van der Waals surface area contributed by atoms with Crippen LogP contribution >= 0.6 is 0 Å². The normalized spacial score (nSPS) is 12.5. The quantitative estimate of drug-likeness (QED) is 0.476. The third-order valence-corrected chi connectivity index (χ3v) is 4.12. The van der Waals surface area contributed by atoms with Crippen molar-refractivity contribution in [2.24, 2.45) is 0 Å². The van der Waals surface area contributed by atoms with Gasteiger partial charge in [-0.15, -0.1) is 13.2 Å². The molecule has 1 aromatic carbocycles. The molecular formula is C21H19F3N4O2. The number of ether oxygens (including phenoxy) is 1. The molecule has 3 aromatic rings. The van der Waals surface area contributed by atoms with Crippen molar-refractivity contribution in [3.63, 3.8) is 0 Å². The molecule has 30 heavy (non-hydrogen) atoms. The van der Waals surface area contributed by atoms with E-state index in [0.29, 0.717) is 17.8 Å². The van der Waals surface area contributed by atoms with Crippen LogP contribution in [-0.4, -0.2) is 26.3 Å². The average Bonchev–Trinajstić information content (AvgIpc) is 3.31. The van der Waals surface area contributed by atoms with Gasteiger partial charge in [0, 0.05) is 11.3 Å². The van der Waals surface area contributed by atoms with Crippen LogP contribution in [0, 0.1) is 6.92 Å². The monoisotopic (exact) mass is 416 g/mol. The van der Waals surface area contributed by atoms with Gasteiger partial charge in [-0.2, -0.15) is 10.1 Å².